The van der Waals surface area contributed by atoms with E-state index in [1.54, 1.807) is 0 Å². The number of benzene rings is 1. The molecule has 1 N–H and O–H groups in total. The van der Waals surface area contributed by atoms with E-state index in [0.29, 0.717) is 12.1 Å². The molecule has 3 rings (SSSR count). The fourth-order valence-corrected chi connectivity index (χ4v) is 3.40. The van der Waals surface area contributed by atoms with Crippen LogP contribution in [-0.2, 0) is 11.3 Å². The van der Waals surface area contributed by atoms with E-state index in [-0.39, 0.29) is 0 Å². The van der Waals surface area contributed by atoms with Crippen LogP contribution in [0.3, 0.4) is 0 Å². The number of ether oxygens (including phenoxy) is 1. The van der Waals surface area contributed by atoms with Gasteiger partial charge in [-0.3, -0.25) is 0 Å². The largest absolute Gasteiger partial charge is 0.375 e. The lowest BCUT2D eigenvalue weighted by molar-refractivity contribution is 0.0299. The predicted molar refractivity (Wildman–Crippen MR) is 90.8 cm³/mol. The van der Waals surface area contributed by atoms with Gasteiger partial charge in [0, 0.05) is 29.3 Å². The first-order valence-corrected chi connectivity index (χ1v) is 8.86. The van der Waals surface area contributed by atoms with E-state index in [4.69, 9.17) is 4.74 Å². The van der Waals surface area contributed by atoms with Gasteiger partial charge in [0.25, 0.3) is 0 Å². The van der Waals surface area contributed by atoms with Crippen molar-refractivity contribution in [1.29, 1.82) is 0 Å². The Morgan fingerprint density at radius 3 is 2.90 bits per heavy atom. The van der Waals surface area contributed by atoms with Gasteiger partial charge in [0.1, 0.15) is 0 Å². The Balaban J connectivity index is 1.83. The first-order chi connectivity index (χ1) is 10.2. The summed E-state index contributed by atoms with van der Waals surface area (Å²) in [4.78, 5) is 2.55. The van der Waals surface area contributed by atoms with Gasteiger partial charge in [-0.1, -0.05) is 22.9 Å². The van der Waals surface area contributed by atoms with Crippen molar-refractivity contribution in [2.24, 2.45) is 0 Å². The van der Waals surface area contributed by atoms with Crippen molar-refractivity contribution in [3.63, 3.8) is 0 Å². The molecule has 2 fully saturated rings. The molecule has 0 amide bonds. The molecule has 1 saturated heterocycles. The van der Waals surface area contributed by atoms with Crippen LogP contribution in [0.15, 0.2) is 22.7 Å². The third-order valence-corrected chi connectivity index (χ3v) is 4.94. The summed E-state index contributed by atoms with van der Waals surface area (Å²) in [6, 6.07) is 7.90. The summed E-state index contributed by atoms with van der Waals surface area (Å²) < 4.78 is 7.00. The quantitative estimate of drug-likeness (QED) is 0.874. The Kier molecular flexibility index (Phi) is 4.87. The molecule has 1 aromatic rings. The minimum absolute atomic E-state index is 0.306. The standard InChI is InChI=1S/C17H25BrN2O/c1-3-16-11-21-12(2)10-20(16)17-7-4-14(18)8-13(17)9-19-15-5-6-15/h4,7-8,12,15-16,19H,3,5-6,9-11H2,1-2H3. The van der Waals surface area contributed by atoms with Crippen LogP contribution in [0.4, 0.5) is 5.69 Å². The normalized spacial score (nSPS) is 26.1. The molecular formula is C17H25BrN2O. The average molecular weight is 353 g/mol. The van der Waals surface area contributed by atoms with Gasteiger partial charge < -0.3 is 15.0 Å². The summed E-state index contributed by atoms with van der Waals surface area (Å²) in [6.45, 7) is 7.19. The van der Waals surface area contributed by atoms with Gasteiger partial charge in [-0.05, 0) is 49.9 Å². The van der Waals surface area contributed by atoms with E-state index < -0.39 is 0 Å². The number of morpholine rings is 1. The second-order valence-electron chi connectivity index (χ2n) is 6.29. The lowest BCUT2D eigenvalue weighted by atomic mass is 10.1. The zero-order valence-electron chi connectivity index (χ0n) is 12.9. The van der Waals surface area contributed by atoms with Gasteiger partial charge in [-0.2, -0.15) is 0 Å². The van der Waals surface area contributed by atoms with Crippen LogP contribution in [-0.4, -0.2) is 31.3 Å². The summed E-state index contributed by atoms with van der Waals surface area (Å²) in [7, 11) is 0. The first-order valence-electron chi connectivity index (χ1n) is 8.07. The Bertz CT molecular complexity index is 490. The Labute approximate surface area is 136 Å². The summed E-state index contributed by atoms with van der Waals surface area (Å²) in [5, 5.41) is 3.64. The molecule has 0 aromatic heterocycles. The zero-order valence-corrected chi connectivity index (χ0v) is 14.5. The molecule has 4 heteroatoms. The molecular weight excluding hydrogens is 328 g/mol. The fourth-order valence-electron chi connectivity index (χ4n) is 2.99. The van der Waals surface area contributed by atoms with Crippen LogP contribution in [0.2, 0.25) is 0 Å². The number of hydrogen-bond donors (Lipinski definition) is 1. The van der Waals surface area contributed by atoms with E-state index in [9.17, 15) is 0 Å². The highest BCUT2D eigenvalue weighted by atomic mass is 79.9. The van der Waals surface area contributed by atoms with Crippen molar-refractivity contribution in [1.82, 2.24) is 5.32 Å². The van der Waals surface area contributed by atoms with Crippen molar-refractivity contribution < 1.29 is 4.74 Å². The molecule has 1 heterocycles. The topological polar surface area (TPSA) is 24.5 Å². The van der Waals surface area contributed by atoms with Gasteiger partial charge >= 0.3 is 0 Å². The number of halogens is 1. The van der Waals surface area contributed by atoms with Crippen molar-refractivity contribution in [3.05, 3.63) is 28.2 Å². The number of nitrogens with zero attached hydrogens (tertiary/aromatic N) is 1. The third-order valence-electron chi connectivity index (χ3n) is 4.45. The van der Waals surface area contributed by atoms with Crippen LogP contribution in [0.1, 0.15) is 38.7 Å². The number of rotatable bonds is 5. The Hall–Kier alpha value is -0.580. The lowest BCUT2D eigenvalue weighted by Gasteiger charge is -2.41. The fraction of sp³-hybridized carbons (Fsp3) is 0.647. The molecule has 116 valence electrons. The monoisotopic (exact) mass is 352 g/mol. The van der Waals surface area contributed by atoms with Gasteiger partial charge in [0.2, 0.25) is 0 Å². The Morgan fingerprint density at radius 1 is 1.38 bits per heavy atom. The lowest BCUT2D eigenvalue weighted by Crippen LogP contribution is -2.49. The van der Waals surface area contributed by atoms with Crippen LogP contribution in [0.25, 0.3) is 0 Å². The molecule has 21 heavy (non-hydrogen) atoms. The molecule has 3 nitrogen and oxygen atoms in total. The second-order valence-corrected chi connectivity index (χ2v) is 7.20. The first kappa shape index (κ1) is 15.3. The van der Waals surface area contributed by atoms with Gasteiger partial charge in [0.15, 0.2) is 0 Å². The van der Waals surface area contributed by atoms with Gasteiger partial charge in [0.05, 0.1) is 18.8 Å². The van der Waals surface area contributed by atoms with Crippen LogP contribution in [0.5, 0.6) is 0 Å². The summed E-state index contributed by atoms with van der Waals surface area (Å²) in [6.07, 6.45) is 4.09. The van der Waals surface area contributed by atoms with E-state index in [1.165, 1.54) is 24.1 Å². The minimum atomic E-state index is 0.306. The molecule has 0 spiro atoms. The van der Waals surface area contributed by atoms with E-state index in [1.807, 2.05) is 0 Å². The zero-order chi connectivity index (χ0) is 14.8. The summed E-state index contributed by atoms with van der Waals surface area (Å²) in [5.74, 6) is 0. The van der Waals surface area contributed by atoms with E-state index in [0.717, 1.165) is 36.6 Å². The van der Waals surface area contributed by atoms with E-state index in [2.05, 4.69) is 58.2 Å². The number of hydrogen-bond acceptors (Lipinski definition) is 3. The molecule has 1 aliphatic heterocycles. The predicted octanol–water partition coefficient (Wildman–Crippen LogP) is 3.70. The number of anilines is 1. The third kappa shape index (κ3) is 3.79. The Morgan fingerprint density at radius 2 is 2.19 bits per heavy atom. The second kappa shape index (κ2) is 6.67. The van der Waals surface area contributed by atoms with Gasteiger partial charge in [-0.25, -0.2) is 0 Å². The van der Waals surface area contributed by atoms with Crippen molar-refractivity contribution >= 4 is 21.6 Å². The summed E-state index contributed by atoms with van der Waals surface area (Å²) in [5.41, 5.74) is 2.76. The molecule has 2 unspecified atom stereocenters. The van der Waals surface area contributed by atoms with Crippen molar-refractivity contribution in [3.8, 4) is 0 Å². The van der Waals surface area contributed by atoms with Crippen LogP contribution < -0.4 is 10.2 Å². The van der Waals surface area contributed by atoms with Gasteiger partial charge in [-0.15, -0.1) is 0 Å². The highest BCUT2D eigenvalue weighted by Crippen LogP contribution is 2.30. The molecule has 2 aliphatic rings. The highest BCUT2D eigenvalue weighted by Gasteiger charge is 2.28. The van der Waals surface area contributed by atoms with Crippen molar-refractivity contribution in [2.75, 3.05) is 18.1 Å². The van der Waals surface area contributed by atoms with Crippen LogP contribution >= 0.6 is 15.9 Å². The van der Waals surface area contributed by atoms with E-state index >= 15 is 0 Å². The minimum Gasteiger partial charge on any atom is -0.375 e. The average Bonchev–Trinajstić information content (AvgIpc) is 3.29. The van der Waals surface area contributed by atoms with Crippen molar-refractivity contribution in [2.45, 2.75) is 57.8 Å². The molecule has 2 atom stereocenters. The maximum atomic E-state index is 5.84. The molecule has 1 aliphatic carbocycles. The highest BCUT2D eigenvalue weighted by molar-refractivity contribution is 9.10. The maximum Gasteiger partial charge on any atom is 0.0723 e. The number of nitrogens with one attached hydrogen (secondary N) is 1. The molecule has 0 bridgehead atoms. The maximum absolute atomic E-state index is 5.84. The SMILES string of the molecule is CCC1COC(C)CN1c1ccc(Br)cc1CNC1CC1. The molecule has 1 saturated carbocycles. The molecule has 0 radical (unpaired) electrons. The van der Waals surface area contributed by atoms with Crippen LogP contribution in [0, 0.1) is 0 Å². The smallest absolute Gasteiger partial charge is 0.0723 e. The summed E-state index contributed by atoms with van der Waals surface area (Å²) >= 11 is 3.62. The molecule has 1 aromatic carbocycles.